The van der Waals surface area contributed by atoms with Crippen LogP contribution in [0.2, 0.25) is 0 Å². The van der Waals surface area contributed by atoms with Gasteiger partial charge in [-0.3, -0.25) is 9.59 Å². The van der Waals surface area contributed by atoms with E-state index >= 15 is 0 Å². The van der Waals surface area contributed by atoms with Crippen molar-refractivity contribution >= 4 is 11.8 Å². The van der Waals surface area contributed by atoms with Crippen LogP contribution in [0.25, 0.3) is 0 Å². The second-order valence-electron chi connectivity index (χ2n) is 6.27. The third-order valence-corrected chi connectivity index (χ3v) is 4.05. The number of likely N-dealkylation sites (tertiary alicyclic amines) is 1. The smallest absolute Gasteiger partial charge is 0.224 e. The molecule has 1 unspecified atom stereocenters. The number of nitrogens with one attached hydrogen (secondary N) is 1. The number of amides is 2. The van der Waals surface area contributed by atoms with E-state index in [0.29, 0.717) is 26.0 Å². The summed E-state index contributed by atoms with van der Waals surface area (Å²) >= 11 is 0. The van der Waals surface area contributed by atoms with Crippen molar-refractivity contribution in [2.75, 3.05) is 19.7 Å². The van der Waals surface area contributed by atoms with Crippen molar-refractivity contribution in [3.63, 3.8) is 0 Å². The quantitative estimate of drug-likeness (QED) is 0.836. The molecule has 1 aromatic carbocycles. The summed E-state index contributed by atoms with van der Waals surface area (Å²) < 4.78 is 5.38. The van der Waals surface area contributed by atoms with Gasteiger partial charge in [0.1, 0.15) is 5.75 Å². The average Bonchev–Trinajstić information content (AvgIpc) is 2.89. The van der Waals surface area contributed by atoms with E-state index in [9.17, 15) is 9.59 Å². The minimum atomic E-state index is -0.00962. The normalized spacial score (nSPS) is 17.7. The molecular weight excluding hydrogens is 292 g/mol. The van der Waals surface area contributed by atoms with Crippen LogP contribution in [0.1, 0.15) is 32.8 Å². The fourth-order valence-corrected chi connectivity index (χ4v) is 2.82. The highest BCUT2D eigenvalue weighted by molar-refractivity contribution is 5.80. The summed E-state index contributed by atoms with van der Waals surface area (Å²) in [7, 11) is 0. The molecule has 1 N–H and O–H groups in total. The summed E-state index contributed by atoms with van der Waals surface area (Å²) in [4.78, 5) is 25.8. The number of ether oxygens (including phenoxy) is 1. The van der Waals surface area contributed by atoms with Crippen molar-refractivity contribution in [1.82, 2.24) is 10.2 Å². The molecule has 5 nitrogen and oxygen atoms in total. The maximum Gasteiger partial charge on any atom is 0.224 e. The van der Waals surface area contributed by atoms with Crippen LogP contribution >= 0.6 is 0 Å². The van der Waals surface area contributed by atoms with Crippen molar-refractivity contribution in [3.05, 3.63) is 29.8 Å². The Bertz CT molecular complexity index is 540. The first kappa shape index (κ1) is 17.3. The Morgan fingerprint density at radius 2 is 2.04 bits per heavy atom. The van der Waals surface area contributed by atoms with Crippen LogP contribution in [-0.4, -0.2) is 42.5 Å². The Morgan fingerprint density at radius 3 is 2.61 bits per heavy atom. The Balaban J connectivity index is 1.76. The molecule has 1 atom stereocenters. The Hall–Kier alpha value is -2.04. The molecule has 0 aliphatic carbocycles. The van der Waals surface area contributed by atoms with Crippen molar-refractivity contribution in [3.8, 4) is 5.75 Å². The second kappa shape index (κ2) is 7.99. The Morgan fingerprint density at radius 1 is 1.35 bits per heavy atom. The van der Waals surface area contributed by atoms with Gasteiger partial charge in [-0.1, -0.05) is 12.1 Å². The fourth-order valence-electron chi connectivity index (χ4n) is 2.82. The first-order valence-electron chi connectivity index (χ1n) is 8.27. The molecule has 1 aliphatic rings. The summed E-state index contributed by atoms with van der Waals surface area (Å²) in [6.07, 6.45) is 0.877. The molecule has 0 bridgehead atoms. The highest BCUT2D eigenvalue weighted by atomic mass is 16.5. The molecule has 1 fully saturated rings. The third-order valence-electron chi connectivity index (χ3n) is 4.05. The molecule has 0 saturated carbocycles. The molecule has 0 aromatic heterocycles. The van der Waals surface area contributed by atoms with Gasteiger partial charge < -0.3 is 15.0 Å². The summed E-state index contributed by atoms with van der Waals surface area (Å²) in [6, 6.07) is 7.80. The summed E-state index contributed by atoms with van der Waals surface area (Å²) in [5.74, 6) is 1.21. The summed E-state index contributed by atoms with van der Waals surface area (Å²) in [5, 5.41) is 2.94. The maximum absolute atomic E-state index is 12.0. The maximum atomic E-state index is 12.0. The third kappa shape index (κ3) is 4.98. The molecule has 5 heteroatoms. The predicted octanol–water partition coefficient (Wildman–Crippen LogP) is 2.00. The molecule has 1 aliphatic heterocycles. The van der Waals surface area contributed by atoms with E-state index < -0.39 is 0 Å². The zero-order chi connectivity index (χ0) is 16.8. The Kier molecular flexibility index (Phi) is 6.02. The van der Waals surface area contributed by atoms with Crippen molar-refractivity contribution in [2.45, 2.75) is 39.7 Å². The van der Waals surface area contributed by atoms with Crippen LogP contribution in [0, 0.1) is 5.92 Å². The van der Waals surface area contributed by atoms with E-state index in [4.69, 9.17) is 4.74 Å². The van der Waals surface area contributed by atoms with Gasteiger partial charge in [-0.25, -0.2) is 0 Å². The van der Waals surface area contributed by atoms with Crippen LogP contribution in [0.5, 0.6) is 5.75 Å². The van der Waals surface area contributed by atoms with Gasteiger partial charge in [0.05, 0.1) is 13.0 Å². The molecule has 2 rings (SSSR count). The lowest BCUT2D eigenvalue weighted by Gasteiger charge is -2.21. The molecule has 1 saturated heterocycles. The summed E-state index contributed by atoms with van der Waals surface area (Å²) in [5.41, 5.74) is 0.956. The summed E-state index contributed by atoms with van der Waals surface area (Å²) in [6.45, 7) is 7.91. The molecule has 126 valence electrons. The molecule has 23 heavy (non-hydrogen) atoms. The molecule has 1 heterocycles. The first-order chi connectivity index (χ1) is 11.0. The lowest BCUT2D eigenvalue weighted by atomic mass is 10.1. The van der Waals surface area contributed by atoms with Gasteiger partial charge in [-0.05, 0) is 38.5 Å². The number of hydrogen-bond acceptors (Lipinski definition) is 3. The van der Waals surface area contributed by atoms with Gasteiger partial charge in [0.15, 0.2) is 0 Å². The lowest BCUT2D eigenvalue weighted by Crippen LogP contribution is -2.34. The molecule has 0 radical (unpaired) electrons. The average molecular weight is 318 g/mol. The van der Waals surface area contributed by atoms with Crippen LogP contribution in [0.3, 0.4) is 0 Å². The SMILES string of the molecule is CCOc1ccc(CC(=O)NCC2CC(=O)N(C(C)C)C2)cc1. The van der Waals surface area contributed by atoms with E-state index in [1.165, 1.54) is 0 Å². The van der Waals surface area contributed by atoms with Crippen LogP contribution in [0.15, 0.2) is 24.3 Å². The van der Waals surface area contributed by atoms with Gasteiger partial charge in [-0.15, -0.1) is 0 Å². The highest BCUT2D eigenvalue weighted by Gasteiger charge is 2.30. The number of rotatable bonds is 7. The standard InChI is InChI=1S/C18H26N2O3/c1-4-23-16-7-5-14(6-8-16)9-17(21)19-11-15-10-18(22)20(12-15)13(2)3/h5-8,13,15H,4,9-12H2,1-3H3,(H,19,21). The number of benzene rings is 1. The second-order valence-corrected chi connectivity index (χ2v) is 6.27. The zero-order valence-corrected chi connectivity index (χ0v) is 14.2. The van der Waals surface area contributed by atoms with Crippen LogP contribution in [-0.2, 0) is 16.0 Å². The van der Waals surface area contributed by atoms with E-state index in [1.807, 2.05) is 49.9 Å². The minimum Gasteiger partial charge on any atom is -0.494 e. The lowest BCUT2D eigenvalue weighted by molar-refractivity contribution is -0.129. The van der Waals surface area contributed by atoms with E-state index in [-0.39, 0.29) is 23.8 Å². The van der Waals surface area contributed by atoms with E-state index in [0.717, 1.165) is 17.9 Å². The van der Waals surface area contributed by atoms with Gasteiger partial charge in [0, 0.05) is 31.5 Å². The number of nitrogens with zero attached hydrogens (tertiary/aromatic N) is 1. The van der Waals surface area contributed by atoms with Crippen molar-refractivity contribution in [2.24, 2.45) is 5.92 Å². The number of hydrogen-bond donors (Lipinski definition) is 1. The van der Waals surface area contributed by atoms with E-state index in [2.05, 4.69) is 5.32 Å². The van der Waals surface area contributed by atoms with Crippen LogP contribution in [0.4, 0.5) is 0 Å². The molecular formula is C18H26N2O3. The fraction of sp³-hybridized carbons (Fsp3) is 0.556. The predicted molar refractivity (Wildman–Crippen MR) is 89.3 cm³/mol. The topological polar surface area (TPSA) is 58.6 Å². The van der Waals surface area contributed by atoms with Gasteiger partial charge in [0.2, 0.25) is 11.8 Å². The van der Waals surface area contributed by atoms with E-state index in [1.54, 1.807) is 0 Å². The van der Waals surface area contributed by atoms with Gasteiger partial charge >= 0.3 is 0 Å². The largest absolute Gasteiger partial charge is 0.494 e. The number of carbonyl (C=O) groups excluding carboxylic acids is 2. The van der Waals surface area contributed by atoms with Crippen molar-refractivity contribution in [1.29, 1.82) is 0 Å². The van der Waals surface area contributed by atoms with Crippen LogP contribution < -0.4 is 10.1 Å². The number of carbonyl (C=O) groups is 2. The van der Waals surface area contributed by atoms with Crippen molar-refractivity contribution < 1.29 is 14.3 Å². The van der Waals surface area contributed by atoms with Gasteiger partial charge in [-0.2, -0.15) is 0 Å². The Labute approximate surface area is 138 Å². The molecule has 2 amide bonds. The molecule has 0 spiro atoms. The minimum absolute atomic E-state index is 0.00962. The monoisotopic (exact) mass is 318 g/mol. The molecule has 1 aromatic rings. The first-order valence-corrected chi connectivity index (χ1v) is 8.27. The van der Waals surface area contributed by atoms with Gasteiger partial charge in [0.25, 0.3) is 0 Å². The zero-order valence-electron chi connectivity index (χ0n) is 14.2. The highest BCUT2D eigenvalue weighted by Crippen LogP contribution is 2.19.